The number of benzene rings is 2. The highest BCUT2D eigenvalue weighted by Crippen LogP contribution is 2.27. The van der Waals surface area contributed by atoms with Gasteiger partial charge in [0.2, 0.25) is 15.5 Å². The third-order valence-electron chi connectivity index (χ3n) is 8.65. The van der Waals surface area contributed by atoms with Crippen molar-refractivity contribution < 1.29 is 13.2 Å². The lowest BCUT2D eigenvalue weighted by molar-refractivity contribution is 0.0950. The Kier molecular flexibility index (Phi) is 9.57. The number of nitrogens with zero attached hydrogens (tertiary/aromatic N) is 4. The van der Waals surface area contributed by atoms with Crippen molar-refractivity contribution in [3.63, 3.8) is 0 Å². The van der Waals surface area contributed by atoms with E-state index >= 15 is 0 Å². The molecule has 1 amide bonds. The van der Waals surface area contributed by atoms with Crippen LogP contribution in [0.15, 0.2) is 58.4 Å². The standard InChI is InChI=1S/C31H40ClN5O4S/c1-34-22-28(31(39)33-14-7-15-36-16-18-37(19-17-36)25-11-6-8-23(32)20-25)30(38)27-21-26(12-13-29(27)34)42(40,41)35(2)24-9-4-3-5-10-24/h6,8,11-13,20-22,24H,3-5,7,9-10,14-19H2,1-2H3,(H,33,39). The number of rotatable bonds is 9. The fourth-order valence-electron chi connectivity index (χ4n) is 6.10. The second kappa shape index (κ2) is 13.2. The van der Waals surface area contributed by atoms with Crippen LogP contribution in [0.2, 0.25) is 5.02 Å². The van der Waals surface area contributed by atoms with Gasteiger partial charge in [-0.3, -0.25) is 14.5 Å². The molecule has 1 aliphatic heterocycles. The molecule has 1 N–H and O–H groups in total. The number of carbonyl (C=O) groups is 1. The summed E-state index contributed by atoms with van der Waals surface area (Å²) < 4.78 is 30.0. The molecule has 0 bridgehead atoms. The molecule has 3 aromatic rings. The van der Waals surface area contributed by atoms with E-state index in [0.717, 1.165) is 82.0 Å². The first kappa shape index (κ1) is 30.5. The zero-order chi connectivity index (χ0) is 29.9. The summed E-state index contributed by atoms with van der Waals surface area (Å²) in [4.78, 5) is 31.2. The molecule has 2 aromatic carbocycles. The first-order valence-corrected chi connectivity index (χ1v) is 16.6. The second-order valence-corrected chi connectivity index (χ2v) is 13.8. The highest BCUT2D eigenvalue weighted by atomic mass is 35.5. The Bertz CT molecular complexity index is 1590. The number of nitrogens with one attached hydrogen (secondary N) is 1. The van der Waals surface area contributed by atoms with Gasteiger partial charge in [0, 0.05) is 75.2 Å². The average Bonchev–Trinajstić information content (AvgIpc) is 3.01. The molecule has 0 unspecified atom stereocenters. The van der Waals surface area contributed by atoms with Gasteiger partial charge in [0.05, 0.1) is 10.4 Å². The normalized spacial score (nSPS) is 17.2. The van der Waals surface area contributed by atoms with E-state index in [0.29, 0.717) is 12.1 Å². The van der Waals surface area contributed by atoms with Crippen LogP contribution < -0.4 is 15.6 Å². The monoisotopic (exact) mass is 613 g/mol. The molecule has 1 saturated carbocycles. The lowest BCUT2D eigenvalue weighted by atomic mass is 9.96. The van der Waals surface area contributed by atoms with Crippen molar-refractivity contribution in [2.45, 2.75) is 49.5 Å². The predicted molar refractivity (Wildman–Crippen MR) is 168 cm³/mol. The van der Waals surface area contributed by atoms with Crippen molar-refractivity contribution >= 4 is 44.1 Å². The number of aryl methyl sites for hydroxylation is 1. The molecule has 2 heterocycles. The number of hydrogen-bond acceptors (Lipinski definition) is 6. The maximum atomic E-state index is 13.4. The number of amides is 1. The fraction of sp³-hybridized carbons (Fsp3) is 0.484. The zero-order valence-electron chi connectivity index (χ0n) is 24.4. The molecule has 0 radical (unpaired) electrons. The first-order valence-electron chi connectivity index (χ1n) is 14.8. The average molecular weight is 614 g/mol. The molecule has 0 atom stereocenters. The first-order chi connectivity index (χ1) is 20.1. The zero-order valence-corrected chi connectivity index (χ0v) is 26.0. The summed E-state index contributed by atoms with van der Waals surface area (Å²) in [7, 11) is -0.396. The van der Waals surface area contributed by atoms with Gasteiger partial charge in [-0.05, 0) is 62.2 Å². The highest BCUT2D eigenvalue weighted by Gasteiger charge is 2.29. The minimum absolute atomic E-state index is 0.00955. The molecule has 9 nitrogen and oxygen atoms in total. The smallest absolute Gasteiger partial charge is 0.256 e. The van der Waals surface area contributed by atoms with Crippen LogP contribution in [0.1, 0.15) is 48.9 Å². The van der Waals surface area contributed by atoms with Crippen LogP contribution in [-0.4, -0.2) is 80.5 Å². The molecule has 42 heavy (non-hydrogen) atoms. The minimum atomic E-state index is -3.77. The molecule has 1 aromatic heterocycles. The van der Waals surface area contributed by atoms with Crippen LogP contribution in [-0.2, 0) is 17.1 Å². The van der Waals surface area contributed by atoms with Gasteiger partial charge in [-0.25, -0.2) is 8.42 Å². The van der Waals surface area contributed by atoms with E-state index in [1.165, 1.54) is 16.6 Å². The van der Waals surface area contributed by atoms with Gasteiger partial charge >= 0.3 is 0 Å². The molecule has 226 valence electrons. The maximum Gasteiger partial charge on any atom is 0.256 e. The lowest BCUT2D eigenvalue weighted by Crippen LogP contribution is -2.47. The molecule has 2 aliphatic rings. The molecule has 1 aliphatic carbocycles. The summed E-state index contributed by atoms with van der Waals surface area (Å²) in [6, 6.07) is 12.5. The van der Waals surface area contributed by atoms with Crippen molar-refractivity contribution in [2.24, 2.45) is 7.05 Å². The van der Waals surface area contributed by atoms with E-state index in [1.807, 2.05) is 18.2 Å². The molecular weight excluding hydrogens is 574 g/mol. The summed E-state index contributed by atoms with van der Waals surface area (Å²) in [5.74, 6) is -0.448. The molecule has 11 heteroatoms. The largest absolute Gasteiger partial charge is 0.369 e. The Morgan fingerprint density at radius 3 is 2.50 bits per heavy atom. The van der Waals surface area contributed by atoms with Gasteiger partial charge < -0.3 is 14.8 Å². The molecule has 0 spiro atoms. The number of carbonyl (C=O) groups excluding carboxylic acids is 1. The topological polar surface area (TPSA) is 95.0 Å². The number of piperazine rings is 1. The third kappa shape index (κ3) is 6.67. The number of aromatic nitrogens is 1. The van der Waals surface area contributed by atoms with Gasteiger partial charge in [-0.1, -0.05) is 36.9 Å². The number of fused-ring (bicyclic) bond motifs is 1. The maximum absolute atomic E-state index is 13.4. The van der Waals surface area contributed by atoms with Crippen molar-refractivity contribution in [1.82, 2.24) is 19.1 Å². The number of anilines is 1. The molecule has 5 rings (SSSR count). The number of halogens is 1. The van der Waals surface area contributed by atoms with Crippen molar-refractivity contribution in [2.75, 3.05) is 51.2 Å². The van der Waals surface area contributed by atoms with E-state index in [2.05, 4.69) is 21.2 Å². The SMILES string of the molecule is CN(C1CCCCC1)S(=O)(=O)c1ccc2c(c1)c(=O)c(C(=O)NCCCN1CCN(c3cccc(Cl)c3)CC1)cn2C. The van der Waals surface area contributed by atoms with E-state index < -0.39 is 21.4 Å². The molecular formula is C31H40ClN5O4S. The second-order valence-electron chi connectivity index (χ2n) is 11.4. The third-order valence-corrected chi connectivity index (χ3v) is 10.8. The predicted octanol–water partition coefficient (Wildman–Crippen LogP) is 4.09. The van der Waals surface area contributed by atoms with E-state index in [9.17, 15) is 18.0 Å². The summed E-state index contributed by atoms with van der Waals surface area (Å²) in [5.41, 5.74) is 1.26. The van der Waals surface area contributed by atoms with Gasteiger partial charge in [-0.2, -0.15) is 4.31 Å². The number of sulfonamides is 1. The van der Waals surface area contributed by atoms with Crippen molar-refractivity contribution in [1.29, 1.82) is 0 Å². The van der Waals surface area contributed by atoms with Gasteiger partial charge in [0.25, 0.3) is 5.91 Å². The Hall–Kier alpha value is -2.92. The molecule has 2 fully saturated rings. The van der Waals surface area contributed by atoms with Crippen LogP contribution >= 0.6 is 11.6 Å². The number of pyridine rings is 1. The summed E-state index contributed by atoms with van der Waals surface area (Å²) in [5, 5.41) is 3.85. The van der Waals surface area contributed by atoms with E-state index in [-0.39, 0.29) is 21.9 Å². The summed E-state index contributed by atoms with van der Waals surface area (Å²) in [6.07, 6.45) is 7.13. The summed E-state index contributed by atoms with van der Waals surface area (Å²) >= 11 is 6.14. The van der Waals surface area contributed by atoms with Crippen LogP contribution in [0.4, 0.5) is 5.69 Å². The molecule has 1 saturated heterocycles. The summed E-state index contributed by atoms with van der Waals surface area (Å²) in [6.45, 7) is 4.95. The van der Waals surface area contributed by atoms with Crippen molar-refractivity contribution in [3.8, 4) is 0 Å². The minimum Gasteiger partial charge on any atom is -0.369 e. The Morgan fingerprint density at radius 2 is 1.79 bits per heavy atom. The lowest BCUT2D eigenvalue weighted by Gasteiger charge is -2.36. The fourth-order valence-corrected chi connectivity index (χ4v) is 7.73. The van der Waals surface area contributed by atoms with Gasteiger partial charge in [0.1, 0.15) is 5.56 Å². The van der Waals surface area contributed by atoms with E-state index in [4.69, 9.17) is 11.6 Å². The van der Waals surface area contributed by atoms with Crippen molar-refractivity contribution in [3.05, 3.63) is 69.5 Å². The Balaban J connectivity index is 1.20. The van der Waals surface area contributed by atoms with Crippen LogP contribution in [0.25, 0.3) is 10.9 Å². The quantitative estimate of drug-likeness (QED) is 0.366. The highest BCUT2D eigenvalue weighted by molar-refractivity contribution is 7.89. The Morgan fingerprint density at radius 1 is 1.05 bits per heavy atom. The van der Waals surface area contributed by atoms with Gasteiger partial charge in [-0.15, -0.1) is 0 Å². The Labute approximate surface area is 253 Å². The van der Waals surface area contributed by atoms with Crippen LogP contribution in [0.5, 0.6) is 0 Å². The van der Waals surface area contributed by atoms with Crippen LogP contribution in [0, 0.1) is 0 Å². The number of hydrogen-bond donors (Lipinski definition) is 1. The van der Waals surface area contributed by atoms with Gasteiger partial charge in [0.15, 0.2) is 0 Å². The van der Waals surface area contributed by atoms with E-state index in [1.54, 1.807) is 30.8 Å². The van der Waals surface area contributed by atoms with Crippen LogP contribution in [0.3, 0.4) is 0 Å².